The van der Waals surface area contributed by atoms with E-state index in [1.807, 2.05) is 20.8 Å². The Morgan fingerprint density at radius 2 is 1.84 bits per heavy atom. The van der Waals surface area contributed by atoms with E-state index in [0.717, 1.165) is 16.1 Å². The summed E-state index contributed by atoms with van der Waals surface area (Å²) in [7, 11) is 1.62. The van der Waals surface area contributed by atoms with Crippen molar-refractivity contribution in [2.45, 2.75) is 116 Å². The van der Waals surface area contributed by atoms with Gasteiger partial charge in [-0.3, -0.25) is 10.1 Å². The number of aromatic hydroxyl groups is 1. The van der Waals surface area contributed by atoms with E-state index in [9.17, 15) is 25.1 Å². The van der Waals surface area contributed by atoms with Crippen LogP contribution in [0.25, 0.3) is 0 Å². The number of hydrogen-bond acceptors (Lipinski definition) is 11. The molecule has 0 unspecified atom stereocenters. The van der Waals surface area contributed by atoms with Gasteiger partial charge in [-0.25, -0.2) is 9.68 Å². The molecule has 0 aliphatic carbocycles. The molecule has 246 valence electrons. The normalized spacial score (nSPS) is 35.4. The van der Waals surface area contributed by atoms with Crippen LogP contribution in [-0.2, 0) is 38.2 Å². The molecule has 1 spiro atoms. The number of aliphatic hydroxyl groups is 1. The molecule has 0 radical (unpaired) electrons. The number of fused-ring (bicyclic) bond motifs is 2. The third-order valence-electron chi connectivity index (χ3n) is 9.47. The topological polar surface area (TPSA) is 150 Å². The molecule has 3 heterocycles. The SMILES string of the molecule is CO[C@@H](CC[C@H](C)[C@H]1O[C@@]23C[C@H](OC(=O)C[C@H]([C@@H](C)O)OC(=O)/C=C(\O2)[C@@](C)(OO)CC3(C)C)[C@@H]1C)c1cc(O)ccc1Br. The minimum Gasteiger partial charge on any atom is -0.508 e. The van der Waals surface area contributed by atoms with Gasteiger partial charge in [0, 0.05) is 22.9 Å². The highest BCUT2D eigenvalue weighted by Gasteiger charge is 2.64. The molecule has 1 aromatic rings. The van der Waals surface area contributed by atoms with Crippen molar-refractivity contribution in [2.75, 3.05) is 7.11 Å². The van der Waals surface area contributed by atoms with Crippen LogP contribution in [-0.4, -0.2) is 70.3 Å². The second kappa shape index (κ2) is 13.3. The van der Waals surface area contributed by atoms with Crippen LogP contribution in [0.3, 0.4) is 0 Å². The van der Waals surface area contributed by atoms with Crippen molar-refractivity contribution in [3.63, 3.8) is 0 Å². The van der Waals surface area contributed by atoms with Crippen LogP contribution >= 0.6 is 15.9 Å². The maximum Gasteiger partial charge on any atom is 0.334 e. The standard InChI is InChI=1S/C32H45BrO11/c1-17(8-11-23(39-7)21-12-20(35)9-10-22(21)33)29-18(2)25-15-32(43-29)30(4,5)16-31(6,44-38)26(42-32)14-28(37)40-24(19(3)34)13-27(36)41-25/h9-10,12,14,17-19,23-25,29,34-35,38H,8,11,13,15-16H2,1-7H3/b26-14-/t17-,18-,19+,23-,24+,25-,29+,31-,32+/m0/s1. The van der Waals surface area contributed by atoms with Gasteiger partial charge in [-0.1, -0.05) is 43.6 Å². The Balaban J connectivity index is 1.70. The van der Waals surface area contributed by atoms with Crippen molar-refractivity contribution in [3.05, 3.63) is 40.1 Å². The van der Waals surface area contributed by atoms with E-state index in [1.165, 1.54) is 6.92 Å². The van der Waals surface area contributed by atoms with Crippen LogP contribution in [0.5, 0.6) is 5.75 Å². The highest BCUT2D eigenvalue weighted by Crippen LogP contribution is 2.57. The number of halogens is 1. The fraction of sp³-hybridized carbons (Fsp3) is 0.688. The quantitative estimate of drug-likeness (QED) is 0.179. The Labute approximate surface area is 266 Å². The Bertz CT molecular complexity index is 1250. The van der Waals surface area contributed by atoms with Crippen molar-refractivity contribution >= 4 is 27.9 Å². The first kappa shape index (κ1) is 34.6. The number of aliphatic hydroxyl groups excluding tert-OH is 1. The third kappa shape index (κ3) is 6.95. The van der Waals surface area contributed by atoms with Crippen LogP contribution in [0.4, 0.5) is 0 Å². The molecule has 2 saturated heterocycles. The lowest BCUT2D eigenvalue weighted by molar-refractivity contribution is -0.403. The second-order valence-corrected chi connectivity index (χ2v) is 14.2. The van der Waals surface area contributed by atoms with Crippen molar-refractivity contribution < 1.29 is 53.6 Å². The second-order valence-electron chi connectivity index (χ2n) is 13.3. The number of rotatable bonds is 8. The molecule has 3 aliphatic heterocycles. The predicted octanol–water partition coefficient (Wildman–Crippen LogP) is 5.57. The molecule has 12 heteroatoms. The lowest BCUT2D eigenvalue weighted by Crippen LogP contribution is -2.65. The fourth-order valence-corrected chi connectivity index (χ4v) is 7.31. The van der Waals surface area contributed by atoms with Gasteiger partial charge in [0.2, 0.25) is 5.79 Å². The summed E-state index contributed by atoms with van der Waals surface area (Å²) in [6.45, 7) is 10.9. The van der Waals surface area contributed by atoms with E-state index in [4.69, 9.17) is 28.6 Å². The Morgan fingerprint density at radius 1 is 1.14 bits per heavy atom. The number of ether oxygens (including phenoxy) is 5. The monoisotopic (exact) mass is 684 g/mol. The average Bonchev–Trinajstić information content (AvgIpc) is 2.94. The maximum absolute atomic E-state index is 13.2. The van der Waals surface area contributed by atoms with Gasteiger partial charge in [0.15, 0.2) is 5.60 Å². The largest absolute Gasteiger partial charge is 0.508 e. The molecule has 11 nitrogen and oxygen atoms in total. The summed E-state index contributed by atoms with van der Waals surface area (Å²) in [5, 5.41) is 30.3. The lowest BCUT2D eigenvalue weighted by atomic mass is 9.66. The molecular formula is C32H45BrO11. The summed E-state index contributed by atoms with van der Waals surface area (Å²) in [6.07, 6.45) is -1.30. The van der Waals surface area contributed by atoms with E-state index in [0.29, 0.717) is 12.8 Å². The van der Waals surface area contributed by atoms with E-state index >= 15 is 0 Å². The number of carbonyl (C=O) groups excluding carboxylic acids is 2. The van der Waals surface area contributed by atoms with Gasteiger partial charge in [-0.2, -0.15) is 0 Å². The summed E-state index contributed by atoms with van der Waals surface area (Å²) >= 11 is 3.56. The minimum absolute atomic E-state index is 0.00783. The molecule has 44 heavy (non-hydrogen) atoms. The molecule has 0 amide bonds. The zero-order valence-electron chi connectivity index (χ0n) is 26.4. The minimum atomic E-state index is -1.40. The van der Waals surface area contributed by atoms with Crippen molar-refractivity contribution in [3.8, 4) is 5.75 Å². The van der Waals surface area contributed by atoms with Gasteiger partial charge in [0.05, 0.1) is 37.2 Å². The predicted molar refractivity (Wildman–Crippen MR) is 161 cm³/mol. The summed E-state index contributed by atoms with van der Waals surface area (Å²) in [6, 6.07) is 5.05. The molecule has 3 N–H and O–H groups in total. The number of methoxy groups -OCH3 is 1. The van der Waals surface area contributed by atoms with Crippen molar-refractivity contribution in [1.29, 1.82) is 0 Å². The van der Waals surface area contributed by atoms with Gasteiger partial charge >= 0.3 is 11.9 Å². The molecule has 4 rings (SSSR count). The summed E-state index contributed by atoms with van der Waals surface area (Å²) < 4.78 is 31.6. The van der Waals surface area contributed by atoms with Gasteiger partial charge in [-0.05, 0) is 62.8 Å². The van der Waals surface area contributed by atoms with Crippen LogP contribution in [0.1, 0.15) is 85.3 Å². The Kier molecular flexibility index (Phi) is 10.4. The zero-order valence-corrected chi connectivity index (χ0v) is 28.0. The highest BCUT2D eigenvalue weighted by molar-refractivity contribution is 9.10. The van der Waals surface area contributed by atoms with E-state index < -0.39 is 53.2 Å². The fourth-order valence-electron chi connectivity index (χ4n) is 6.81. The summed E-state index contributed by atoms with van der Waals surface area (Å²) in [4.78, 5) is 31.1. The molecular weight excluding hydrogens is 640 g/mol. The number of benzene rings is 1. The number of carbonyl (C=O) groups is 2. The smallest absolute Gasteiger partial charge is 0.334 e. The molecule has 0 aromatic heterocycles. The number of phenols is 1. The van der Waals surface area contributed by atoms with Gasteiger partial charge in [0.1, 0.15) is 23.7 Å². The first-order valence-electron chi connectivity index (χ1n) is 15.1. The first-order chi connectivity index (χ1) is 20.5. The molecule has 3 aliphatic rings. The summed E-state index contributed by atoms with van der Waals surface area (Å²) in [5.41, 5.74) is -1.37. The molecule has 2 fully saturated rings. The average molecular weight is 686 g/mol. The first-order valence-corrected chi connectivity index (χ1v) is 15.8. The van der Waals surface area contributed by atoms with Gasteiger partial charge in [-0.15, -0.1) is 0 Å². The van der Waals surface area contributed by atoms with Crippen LogP contribution < -0.4 is 0 Å². The van der Waals surface area contributed by atoms with Crippen LogP contribution in [0, 0.1) is 17.3 Å². The Hall–Kier alpha value is -2.22. The highest BCUT2D eigenvalue weighted by atomic mass is 79.9. The number of phenolic OH excluding ortho intramolecular Hbond substituents is 1. The molecule has 3 bridgehead atoms. The number of cyclic esters (lactones) is 1. The van der Waals surface area contributed by atoms with Gasteiger partial charge in [0.25, 0.3) is 0 Å². The van der Waals surface area contributed by atoms with Crippen molar-refractivity contribution in [2.24, 2.45) is 17.3 Å². The van der Waals surface area contributed by atoms with E-state index in [-0.39, 0.29) is 48.7 Å². The lowest BCUT2D eigenvalue weighted by Gasteiger charge is -2.59. The van der Waals surface area contributed by atoms with Crippen LogP contribution in [0.2, 0.25) is 0 Å². The molecule has 0 saturated carbocycles. The number of esters is 2. The molecule has 9 atom stereocenters. The van der Waals surface area contributed by atoms with E-state index in [2.05, 4.69) is 22.9 Å². The maximum atomic E-state index is 13.2. The Morgan fingerprint density at radius 3 is 2.48 bits per heavy atom. The molecule has 1 aromatic carbocycles. The summed E-state index contributed by atoms with van der Waals surface area (Å²) in [5.74, 6) is -3.01. The van der Waals surface area contributed by atoms with Crippen LogP contribution in [0.15, 0.2) is 34.5 Å². The zero-order chi connectivity index (χ0) is 32.6. The van der Waals surface area contributed by atoms with Gasteiger partial charge < -0.3 is 33.9 Å². The third-order valence-corrected chi connectivity index (χ3v) is 10.2. The van der Waals surface area contributed by atoms with Crippen molar-refractivity contribution in [1.82, 2.24) is 0 Å². The van der Waals surface area contributed by atoms with E-state index in [1.54, 1.807) is 32.2 Å². The number of hydrogen-bond donors (Lipinski definition) is 3.